The minimum atomic E-state index is 0.511. The van der Waals surface area contributed by atoms with E-state index in [2.05, 4.69) is 26.6 Å². The van der Waals surface area contributed by atoms with E-state index in [0.717, 1.165) is 49.8 Å². The molecule has 0 amide bonds. The van der Waals surface area contributed by atoms with Crippen molar-refractivity contribution < 1.29 is 4.74 Å². The van der Waals surface area contributed by atoms with Gasteiger partial charge in [0.15, 0.2) is 4.96 Å². The largest absolute Gasteiger partial charge is 0.381 e. The lowest BCUT2D eigenvalue weighted by Gasteiger charge is -2.33. The average molecular weight is 290 g/mol. The van der Waals surface area contributed by atoms with Gasteiger partial charge in [-0.25, -0.2) is 4.98 Å². The third-order valence-corrected chi connectivity index (χ3v) is 4.50. The van der Waals surface area contributed by atoms with Crippen LogP contribution in [0.2, 0.25) is 0 Å². The first-order valence-electron chi connectivity index (χ1n) is 6.96. The van der Waals surface area contributed by atoms with Gasteiger partial charge in [-0.05, 0) is 12.8 Å². The summed E-state index contributed by atoms with van der Waals surface area (Å²) < 4.78 is 7.49. The summed E-state index contributed by atoms with van der Waals surface area (Å²) >= 11 is 1.65. The maximum atomic E-state index is 8.84. The predicted octanol–water partition coefficient (Wildman–Crippen LogP) is 2.29. The Balaban J connectivity index is 1.71. The lowest BCUT2D eigenvalue weighted by molar-refractivity contribution is 0.0313. The van der Waals surface area contributed by atoms with E-state index in [9.17, 15) is 0 Å². The van der Waals surface area contributed by atoms with Crippen LogP contribution < -0.4 is 0 Å². The summed E-state index contributed by atoms with van der Waals surface area (Å²) in [5.74, 6) is 0. The van der Waals surface area contributed by atoms with Crippen molar-refractivity contribution in [1.29, 1.82) is 5.26 Å². The molecule has 6 heteroatoms. The number of fused-ring (bicyclic) bond motifs is 1. The van der Waals surface area contributed by atoms with Crippen LogP contribution in [0.25, 0.3) is 4.96 Å². The van der Waals surface area contributed by atoms with E-state index in [4.69, 9.17) is 10.00 Å². The molecule has 106 valence electrons. The van der Waals surface area contributed by atoms with E-state index in [1.165, 1.54) is 0 Å². The van der Waals surface area contributed by atoms with Crippen molar-refractivity contribution in [3.63, 3.8) is 0 Å². The van der Waals surface area contributed by atoms with Gasteiger partial charge in [0.1, 0.15) is 0 Å². The molecule has 3 heterocycles. The third-order valence-electron chi connectivity index (χ3n) is 3.73. The number of hydrogen-bond donors (Lipinski definition) is 0. The summed E-state index contributed by atoms with van der Waals surface area (Å²) in [5.41, 5.74) is 1.08. The van der Waals surface area contributed by atoms with E-state index in [1.54, 1.807) is 11.3 Å². The quantitative estimate of drug-likeness (QED) is 0.848. The SMILES string of the molecule is N#CCCN(Cc1cn2ccsc2n1)C1CCOCC1. The monoisotopic (exact) mass is 290 g/mol. The summed E-state index contributed by atoms with van der Waals surface area (Å²) in [7, 11) is 0. The van der Waals surface area contributed by atoms with Crippen LogP contribution in [0.4, 0.5) is 0 Å². The molecule has 1 aliphatic rings. The van der Waals surface area contributed by atoms with Crippen molar-refractivity contribution in [2.75, 3.05) is 19.8 Å². The molecule has 0 spiro atoms. The number of aromatic nitrogens is 2. The highest BCUT2D eigenvalue weighted by atomic mass is 32.1. The van der Waals surface area contributed by atoms with Crippen LogP contribution in [-0.4, -0.2) is 40.1 Å². The fourth-order valence-corrected chi connectivity index (χ4v) is 3.41. The molecule has 0 aromatic carbocycles. The molecule has 0 saturated carbocycles. The Kier molecular flexibility index (Phi) is 4.31. The normalized spacial score (nSPS) is 16.8. The van der Waals surface area contributed by atoms with Crippen LogP contribution in [0.5, 0.6) is 0 Å². The van der Waals surface area contributed by atoms with Gasteiger partial charge in [-0.15, -0.1) is 11.3 Å². The number of hydrogen-bond acceptors (Lipinski definition) is 5. The molecule has 2 aromatic heterocycles. The van der Waals surface area contributed by atoms with Crippen LogP contribution in [0.15, 0.2) is 17.8 Å². The second-order valence-electron chi connectivity index (χ2n) is 5.05. The van der Waals surface area contributed by atoms with Gasteiger partial charge in [-0.2, -0.15) is 5.26 Å². The summed E-state index contributed by atoms with van der Waals surface area (Å²) in [6, 6.07) is 2.76. The van der Waals surface area contributed by atoms with Gasteiger partial charge < -0.3 is 4.74 Å². The lowest BCUT2D eigenvalue weighted by atomic mass is 10.1. The third kappa shape index (κ3) is 3.01. The summed E-state index contributed by atoms with van der Waals surface area (Å²) in [5, 5.41) is 10.9. The van der Waals surface area contributed by atoms with Gasteiger partial charge in [0.2, 0.25) is 0 Å². The number of thiazole rings is 1. The number of imidazole rings is 1. The Labute approximate surface area is 122 Å². The van der Waals surface area contributed by atoms with Crippen LogP contribution in [0.3, 0.4) is 0 Å². The van der Waals surface area contributed by atoms with Crippen molar-refractivity contribution in [3.8, 4) is 6.07 Å². The number of nitrogens with zero attached hydrogens (tertiary/aromatic N) is 4. The minimum absolute atomic E-state index is 0.511. The molecule has 5 nitrogen and oxygen atoms in total. The Morgan fingerprint density at radius 3 is 3.10 bits per heavy atom. The molecule has 2 aromatic rings. The first-order valence-corrected chi connectivity index (χ1v) is 7.84. The summed E-state index contributed by atoms with van der Waals surface area (Å²) in [6.45, 7) is 3.28. The zero-order valence-corrected chi connectivity index (χ0v) is 12.2. The zero-order chi connectivity index (χ0) is 13.8. The van der Waals surface area contributed by atoms with Crippen molar-refractivity contribution in [1.82, 2.24) is 14.3 Å². The second-order valence-corrected chi connectivity index (χ2v) is 5.92. The molecule has 0 aliphatic carbocycles. The first kappa shape index (κ1) is 13.6. The van der Waals surface area contributed by atoms with E-state index in [0.29, 0.717) is 12.5 Å². The molecular weight excluding hydrogens is 272 g/mol. The molecule has 1 saturated heterocycles. The van der Waals surface area contributed by atoms with Gasteiger partial charge in [0.05, 0.1) is 11.8 Å². The standard InChI is InChI=1S/C14H18N4OS/c15-4-1-5-17(13-2-7-19-8-3-13)10-12-11-18-6-9-20-14(18)16-12/h6,9,11,13H,1-3,5,7-8,10H2. The van der Waals surface area contributed by atoms with E-state index in [1.807, 2.05) is 11.6 Å². The van der Waals surface area contributed by atoms with E-state index in [-0.39, 0.29) is 0 Å². The molecule has 0 unspecified atom stereocenters. The molecule has 20 heavy (non-hydrogen) atoms. The number of rotatable bonds is 5. The molecule has 0 N–H and O–H groups in total. The molecule has 3 rings (SSSR count). The second kappa shape index (κ2) is 6.35. The molecule has 0 atom stereocenters. The summed E-state index contributed by atoms with van der Waals surface area (Å²) in [4.78, 5) is 8.06. The lowest BCUT2D eigenvalue weighted by Crippen LogP contribution is -2.39. The highest BCUT2D eigenvalue weighted by molar-refractivity contribution is 7.15. The van der Waals surface area contributed by atoms with Gasteiger partial charge in [0, 0.05) is 56.5 Å². The van der Waals surface area contributed by atoms with Crippen LogP contribution in [-0.2, 0) is 11.3 Å². The zero-order valence-electron chi connectivity index (χ0n) is 11.4. The maximum Gasteiger partial charge on any atom is 0.193 e. The topological polar surface area (TPSA) is 53.6 Å². The van der Waals surface area contributed by atoms with Crippen molar-refractivity contribution in [2.24, 2.45) is 0 Å². The van der Waals surface area contributed by atoms with Crippen molar-refractivity contribution >= 4 is 16.3 Å². The van der Waals surface area contributed by atoms with Gasteiger partial charge in [-0.1, -0.05) is 0 Å². The fraction of sp³-hybridized carbons (Fsp3) is 0.571. The fourth-order valence-electron chi connectivity index (χ4n) is 2.69. The number of ether oxygens (including phenoxy) is 1. The smallest absolute Gasteiger partial charge is 0.193 e. The predicted molar refractivity (Wildman–Crippen MR) is 77.6 cm³/mol. The highest BCUT2D eigenvalue weighted by Gasteiger charge is 2.22. The number of nitriles is 1. The van der Waals surface area contributed by atoms with E-state index >= 15 is 0 Å². The molecule has 1 fully saturated rings. The summed E-state index contributed by atoms with van der Waals surface area (Å²) in [6.07, 6.45) is 6.79. The van der Waals surface area contributed by atoms with Crippen molar-refractivity contribution in [3.05, 3.63) is 23.5 Å². The molecule has 0 bridgehead atoms. The first-order chi connectivity index (χ1) is 9.86. The van der Waals surface area contributed by atoms with Crippen LogP contribution in [0.1, 0.15) is 25.0 Å². The van der Waals surface area contributed by atoms with Crippen molar-refractivity contribution in [2.45, 2.75) is 31.8 Å². The van der Waals surface area contributed by atoms with Gasteiger partial charge in [0.25, 0.3) is 0 Å². The highest BCUT2D eigenvalue weighted by Crippen LogP contribution is 2.19. The Hall–Kier alpha value is -1.42. The average Bonchev–Trinajstić information content (AvgIpc) is 3.05. The Morgan fingerprint density at radius 2 is 2.35 bits per heavy atom. The Bertz CT molecular complexity index is 565. The Morgan fingerprint density at radius 1 is 1.50 bits per heavy atom. The van der Waals surface area contributed by atoms with Gasteiger partial charge in [-0.3, -0.25) is 9.30 Å². The van der Waals surface area contributed by atoms with Crippen LogP contribution in [0, 0.1) is 11.3 Å². The molecule has 0 radical (unpaired) electrons. The van der Waals surface area contributed by atoms with E-state index < -0.39 is 0 Å². The van der Waals surface area contributed by atoms with Gasteiger partial charge >= 0.3 is 0 Å². The minimum Gasteiger partial charge on any atom is -0.381 e. The maximum absolute atomic E-state index is 8.84. The molecule has 1 aliphatic heterocycles. The molecular formula is C14H18N4OS. The van der Waals surface area contributed by atoms with Crippen LogP contribution >= 0.6 is 11.3 Å².